The van der Waals surface area contributed by atoms with Crippen LogP contribution in [0.25, 0.3) is 11.3 Å². The van der Waals surface area contributed by atoms with Crippen LogP contribution in [-0.2, 0) is 14.3 Å². The zero-order valence-corrected chi connectivity index (χ0v) is 11.3. The average molecular weight is 287 g/mol. The molecule has 0 radical (unpaired) electrons. The molecule has 1 aromatic heterocycles. The summed E-state index contributed by atoms with van der Waals surface area (Å²) in [4.78, 5) is 30.3. The second-order valence-corrected chi connectivity index (χ2v) is 4.05. The molecular weight excluding hydrogens is 274 g/mol. The first kappa shape index (κ1) is 14.4. The maximum atomic E-state index is 11.5. The Hall–Kier alpha value is -2.96. The molecule has 108 valence electrons. The van der Waals surface area contributed by atoms with Gasteiger partial charge in [0.15, 0.2) is 0 Å². The normalized spacial score (nSPS) is 9.95. The van der Waals surface area contributed by atoms with E-state index >= 15 is 0 Å². The van der Waals surface area contributed by atoms with Crippen LogP contribution in [0.15, 0.2) is 36.5 Å². The van der Waals surface area contributed by atoms with Crippen molar-refractivity contribution in [2.75, 3.05) is 12.8 Å². The number of nitrogens with zero attached hydrogens (tertiary/aromatic N) is 2. The summed E-state index contributed by atoms with van der Waals surface area (Å²) < 4.78 is 9.26. The first-order valence-corrected chi connectivity index (χ1v) is 6.05. The van der Waals surface area contributed by atoms with Gasteiger partial charge in [0.2, 0.25) is 0 Å². The van der Waals surface area contributed by atoms with Crippen molar-refractivity contribution in [2.45, 2.75) is 6.42 Å². The lowest BCUT2D eigenvalue weighted by molar-refractivity contribution is -0.148. The van der Waals surface area contributed by atoms with Crippen molar-refractivity contribution in [1.29, 1.82) is 0 Å². The SMILES string of the molecule is COC(=O)CC(=O)Oc1ncc(N)c(-c2ccccc2)n1. The number of benzene rings is 1. The van der Waals surface area contributed by atoms with E-state index in [4.69, 9.17) is 10.5 Å². The fourth-order valence-electron chi connectivity index (χ4n) is 1.58. The van der Waals surface area contributed by atoms with Gasteiger partial charge in [-0.25, -0.2) is 4.98 Å². The number of nitrogen functional groups attached to an aromatic ring is 1. The standard InChI is InChI=1S/C14H13N3O4/c1-20-11(18)7-12(19)21-14-16-8-10(15)13(17-14)9-5-3-2-4-6-9/h2-6,8H,7,15H2,1H3. The number of aromatic nitrogens is 2. The summed E-state index contributed by atoms with van der Waals surface area (Å²) in [6.45, 7) is 0. The van der Waals surface area contributed by atoms with Gasteiger partial charge in [-0.15, -0.1) is 0 Å². The Morgan fingerprint density at radius 2 is 1.90 bits per heavy atom. The third kappa shape index (κ3) is 3.75. The smallest absolute Gasteiger partial charge is 0.324 e. The summed E-state index contributed by atoms with van der Waals surface area (Å²) in [6.07, 6.45) is 0.834. The van der Waals surface area contributed by atoms with E-state index in [1.807, 2.05) is 30.3 Å². The largest absolute Gasteiger partial charge is 0.469 e. The topological polar surface area (TPSA) is 104 Å². The zero-order chi connectivity index (χ0) is 15.2. The molecule has 2 N–H and O–H groups in total. The van der Waals surface area contributed by atoms with Crippen molar-refractivity contribution in [3.05, 3.63) is 36.5 Å². The summed E-state index contributed by atoms with van der Waals surface area (Å²) >= 11 is 0. The first-order chi connectivity index (χ1) is 10.1. The van der Waals surface area contributed by atoms with Gasteiger partial charge >= 0.3 is 17.9 Å². The number of ether oxygens (including phenoxy) is 2. The molecule has 0 spiro atoms. The fourth-order valence-corrected chi connectivity index (χ4v) is 1.58. The molecule has 0 aliphatic heterocycles. The van der Waals surface area contributed by atoms with E-state index < -0.39 is 18.4 Å². The highest BCUT2D eigenvalue weighted by Crippen LogP contribution is 2.24. The minimum absolute atomic E-state index is 0.169. The number of methoxy groups -OCH3 is 1. The quantitative estimate of drug-likeness (QED) is 0.665. The number of carbonyl (C=O) groups excluding carboxylic acids is 2. The molecular formula is C14H13N3O4. The van der Waals surface area contributed by atoms with Gasteiger partial charge in [-0.3, -0.25) is 9.59 Å². The van der Waals surface area contributed by atoms with E-state index in [0.29, 0.717) is 11.4 Å². The fraction of sp³-hybridized carbons (Fsp3) is 0.143. The highest BCUT2D eigenvalue weighted by molar-refractivity contribution is 5.91. The van der Waals surface area contributed by atoms with E-state index in [1.165, 1.54) is 13.3 Å². The highest BCUT2D eigenvalue weighted by Gasteiger charge is 2.15. The molecule has 1 heterocycles. The van der Waals surface area contributed by atoms with Crippen LogP contribution in [0.2, 0.25) is 0 Å². The lowest BCUT2D eigenvalue weighted by Crippen LogP contribution is -2.16. The number of anilines is 1. The maximum Gasteiger partial charge on any atom is 0.324 e. The van der Waals surface area contributed by atoms with E-state index in [-0.39, 0.29) is 6.01 Å². The first-order valence-electron chi connectivity index (χ1n) is 6.05. The van der Waals surface area contributed by atoms with Gasteiger partial charge < -0.3 is 15.2 Å². The Morgan fingerprint density at radius 3 is 2.57 bits per heavy atom. The molecule has 0 unspecified atom stereocenters. The van der Waals surface area contributed by atoms with E-state index in [2.05, 4.69) is 14.7 Å². The minimum Gasteiger partial charge on any atom is -0.469 e. The van der Waals surface area contributed by atoms with E-state index in [0.717, 1.165) is 5.56 Å². The molecule has 21 heavy (non-hydrogen) atoms. The van der Waals surface area contributed by atoms with E-state index in [9.17, 15) is 9.59 Å². The molecule has 0 atom stereocenters. The van der Waals surface area contributed by atoms with Crippen LogP contribution in [0.1, 0.15) is 6.42 Å². The third-order valence-corrected chi connectivity index (χ3v) is 2.56. The molecule has 7 nitrogen and oxygen atoms in total. The van der Waals surface area contributed by atoms with Crippen LogP contribution in [-0.4, -0.2) is 29.0 Å². The molecule has 0 saturated carbocycles. The lowest BCUT2D eigenvalue weighted by atomic mass is 10.1. The van der Waals surface area contributed by atoms with Crippen LogP contribution in [0.5, 0.6) is 6.01 Å². The lowest BCUT2D eigenvalue weighted by Gasteiger charge is -2.07. The Kier molecular flexibility index (Phi) is 4.45. The molecule has 0 saturated heterocycles. The van der Waals surface area contributed by atoms with Crippen molar-refractivity contribution >= 4 is 17.6 Å². The molecule has 0 bridgehead atoms. The summed E-state index contributed by atoms with van der Waals surface area (Å²) in [5, 5.41) is 0. The van der Waals surface area contributed by atoms with Gasteiger partial charge in [0.25, 0.3) is 0 Å². The second kappa shape index (κ2) is 6.47. The summed E-state index contributed by atoms with van der Waals surface area (Å²) in [7, 11) is 1.18. The predicted octanol–water partition coefficient (Wildman–Crippen LogP) is 1.19. The second-order valence-electron chi connectivity index (χ2n) is 4.05. The van der Waals surface area contributed by atoms with Crippen molar-refractivity contribution < 1.29 is 19.1 Å². The number of rotatable bonds is 4. The van der Waals surface area contributed by atoms with Crippen LogP contribution in [0.3, 0.4) is 0 Å². The van der Waals surface area contributed by atoms with Gasteiger partial charge in [-0.1, -0.05) is 30.3 Å². The minimum atomic E-state index is -0.800. The number of nitrogens with two attached hydrogens (primary N) is 1. The summed E-state index contributed by atoms with van der Waals surface area (Å²) in [5.41, 5.74) is 7.39. The maximum absolute atomic E-state index is 11.5. The van der Waals surface area contributed by atoms with Gasteiger partial charge in [0.05, 0.1) is 19.0 Å². The van der Waals surface area contributed by atoms with Crippen LogP contribution < -0.4 is 10.5 Å². The third-order valence-electron chi connectivity index (χ3n) is 2.56. The molecule has 1 aromatic carbocycles. The van der Waals surface area contributed by atoms with Gasteiger partial charge in [0.1, 0.15) is 12.1 Å². The number of hydrogen-bond donors (Lipinski definition) is 1. The van der Waals surface area contributed by atoms with Crippen LogP contribution in [0, 0.1) is 0 Å². The predicted molar refractivity (Wildman–Crippen MR) is 74.1 cm³/mol. The molecule has 0 fully saturated rings. The molecule has 0 aliphatic rings. The van der Waals surface area contributed by atoms with Crippen molar-refractivity contribution in [3.63, 3.8) is 0 Å². The van der Waals surface area contributed by atoms with E-state index in [1.54, 1.807) is 0 Å². The number of hydrogen-bond acceptors (Lipinski definition) is 7. The average Bonchev–Trinajstić information content (AvgIpc) is 2.50. The Bertz CT molecular complexity index is 659. The Balaban J connectivity index is 2.20. The Labute approximate surface area is 120 Å². The molecule has 2 aromatic rings. The van der Waals surface area contributed by atoms with Crippen molar-refractivity contribution in [3.8, 4) is 17.3 Å². The van der Waals surface area contributed by atoms with Crippen LogP contribution in [0.4, 0.5) is 5.69 Å². The van der Waals surface area contributed by atoms with Gasteiger partial charge in [-0.2, -0.15) is 4.98 Å². The number of carbonyl (C=O) groups is 2. The summed E-state index contributed by atoms with van der Waals surface area (Å²) in [5.74, 6) is -1.50. The molecule has 0 amide bonds. The highest BCUT2D eigenvalue weighted by atomic mass is 16.6. The van der Waals surface area contributed by atoms with Crippen molar-refractivity contribution in [1.82, 2.24) is 9.97 Å². The van der Waals surface area contributed by atoms with Crippen LogP contribution >= 0.6 is 0 Å². The van der Waals surface area contributed by atoms with Gasteiger partial charge in [-0.05, 0) is 0 Å². The monoisotopic (exact) mass is 287 g/mol. The molecule has 7 heteroatoms. The molecule has 0 aliphatic carbocycles. The van der Waals surface area contributed by atoms with Crippen molar-refractivity contribution in [2.24, 2.45) is 0 Å². The Morgan fingerprint density at radius 1 is 1.19 bits per heavy atom. The van der Waals surface area contributed by atoms with Gasteiger partial charge in [0, 0.05) is 5.56 Å². The zero-order valence-electron chi connectivity index (χ0n) is 11.3. The number of esters is 2. The molecule has 2 rings (SSSR count). The summed E-state index contributed by atoms with van der Waals surface area (Å²) in [6, 6.07) is 8.99.